The van der Waals surface area contributed by atoms with Crippen LogP contribution >= 0.6 is 0 Å². The first-order valence-electron chi connectivity index (χ1n) is 7.78. The van der Waals surface area contributed by atoms with Gasteiger partial charge in [0.15, 0.2) is 5.84 Å². The van der Waals surface area contributed by atoms with E-state index in [2.05, 4.69) is 14.4 Å². The van der Waals surface area contributed by atoms with E-state index in [9.17, 15) is 13.2 Å². The number of fused-ring (bicyclic) bond motifs is 1. The summed E-state index contributed by atoms with van der Waals surface area (Å²) < 4.78 is 34.5. The van der Waals surface area contributed by atoms with Gasteiger partial charge in [0.05, 0.1) is 17.9 Å². The Kier molecular flexibility index (Phi) is 6.02. The number of nitrogens with zero attached hydrogens (tertiary/aromatic N) is 1. The van der Waals surface area contributed by atoms with Crippen LogP contribution in [0.3, 0.4) is 0 Å². The van der Waals surface area contributed by atoms with E-state index in [-0.39, 0.29) is 11.7 Å². The molecule has 0 atom stereocenters. The molecule has 24 heavy (non-hydrogen) atoms. The molecule has 0 radical (unpaired) electrons. The van der Waals surface area contributed by atoms with E-state index < -0.39 is 10.2 Å². The third-order valence-electron chi connectivity index (χ3n) is 3.44. The molecule has 0 aromatic heterocycles. The molecule has 0 spiro atoms. The molecule has 0 bridgehead atoms. The molecule has 1 amide bonds. The first-order valence-corrected chi connectivity index (χ1v) is 9.22. The normalized spacial score (nSPS) is 15.0. The first-order chi connectivity index (χ1) is 11.4. The minimum Gasteiger partial charge on any atom is -0.493 e. The minimum atomic E-state index is -3.78. The lowest BCUT2D eigenvalue weighted by atomic mass is 10.1. The summed E-state index contributed by atoms with van der Waals surface area (Å²) in [4.78, 5) is 10.7. The molecule has 4 N–H and O–H groups in total. The molecule has 1 aliphatic heterocycles. The van der Waals surface area contributed by atoms with Gasteiger partial charge in [-0.1, -0.05) is 18.9 Å². The number of nitrogens with one attached hydrogen (secondary N) is 2. The fourth-order valence-corrected chi connectivity index (χ4v) is 3.21. The van der Waals surface area contributed by atoms with Crippen molar-refractivity contribution in [3.05, 3.63) is 23.8 Å². The number of nitrogens with two attached hydrogens (primary N) is 1. The second-order valence-corrected chi connectivity index (χ2v) is 6.81. The highest BCUT2D eigenvalue weighted by Gasteiger charge is 2.24. The van der Waals surface area contributed by atoms with Crippen LogP contribution in [0.2, 0.25) is 0 Å². The van der Waals surface area contributed by atoms with E-state index in [1.165, 1.54) is 6.92 Å². The maximum absolute atomic E-state index is 11.5. The molecule has 132 valence electrons. The number of benzene rings is 1. The van der Waals surface area contributed by atoms with E-state index in [1.54, 1.807) is 18.2 Å². The summed E-state index contributed by atoms with van der Waals surface area (Å²) in [5.41, 5.74) is 6.59. The molecule has 8 nitrogen and oxygen atoms in total. The van der Waals surface area contributed by atoms with Crippen LogP contribution in [-0.2, 0) is 15.0 Å². The van der Waals surface area contributed by atoms with Crippen molar-refractivity contribution >= 4 is 27.6 Å². The van der Waals surface area contributed by atoms with Gasteiger partial charge in [-0.15, -0.1) is 4.40 Å². The summed E-state index contributed by atoms with van der Waals surface area (Å²) >= 11 is 0. The van der Waals surface area contributed by atoms with Gasteiger partial charge in [0.2, 0.25) is 5.91 Å². The van der Waals surface area contributed by atoms with E-state index in [1.807, 2.05) is 0 Å². The van der Waals surface area contributed by atoms with Crippen LogP contribution in [0.4, 0.5) is 5.69 Å². The van der Waals surface area contributed by atoms with Gasteiger partial charge < -0.3 is 15.8 Å². The molecule has 1 aromatic carbocycles. The summed E-state index contributed by atoms with van der Waals surface area (Å²) in [7, 11) is -3.78. The highest BCUT2D eigenvalue weighted by molar-refractivity contribution is 7.91. The van der Waals surface area contributed by atoms with E-state index in [0.29, 0.717) is 30.2 Å². The van der Waals surface area contributed by atoms with E-state index >= 15 is 0 Å². The molecule has 0 fully saturated rings. The van der Waals surface area contributed by atoms with Crippen molar-refractivity contribution in [2.75, 3.05) is 17.9 Å². The molecule has 9 heteroatoms. The van der Waals surface area contributed by atoms with Crippen LogP contribution in [0, 0.1) is 0 Å². The Morgan fingerprint density at radius 3 is 2.79 bits per heavy atom. The van der Waals surface area contributed by atoms with Crippen molar-refractivity contribution in [1.82, 2.24) is 5.32 Å². The molecular weight excluding hydrogens is 332 g/mol. The minimum absolute atomic E-state index is 0.0120. The predicted molar refractivity (Wildman–Crippen MR) is 92.4 cm³/mol. The predicted octanol–water partition coefficient (Wildman–Crippen LogP) is 1.14. The lowest BCUT2D eigenvalue weighted by molar-refractivity contribution is -0.118. The van der Waals surface area contributed by atoms with E-state index in [0.717, 1.165) is 25.7 Å². The number of carbonyl (C=O) groups is 1. The van der Waals surface area contributed by atoms with Gasteiger partial charge in [-0.2, -0.15) is 8.42 Å². The van der Waals surface area contributed by atoms with Gasteiger partial charge >= 0.3 is 10.2 Å². The van der Waals surface area contributed by atoms with Crippen molar-refractivity contribution in [3.63, 3.8) is 0 Å². The lowest BCUT2D eigenvalue weighted by Gasteiger charge is -2.19. The average Bonchev–Trinajstić information content (AvgIpc) is 2.48. The van der Waals surface area contributed by atoms with Gasteiger partial charge in [-0.05, 0) is 25.0 Å². The van der Waals surface area contributed by atoms with Crippen molar-refractivity contribution in [2.24, 2.45) is 10.1 Å². The zero-order chi connectivity index (χ0) is 17.6. The largest absolute Gasteiger partial charge is 0.493 e. The van der Waals surface area contributed by atoms with Crippen LogP contribution in [0.25, 0.3) is 0 Å². The van der Waals surface area contributed by atoms with Gasteiger partial charge in [0, 0.05) is 13.5 Å². The number of anilines is 1. The summed E-state index contributed by atoms with van der Waals surface area (Å²) in [6, 6.07) is 5.05. The number of hydrogen-bond acceptors (Lipinski definition) is 5. The number of amides is 1. The van der Waals surface area contributed by atoms with Crippen LogP contribution in [0.5, 0.6) is 5.75 Å². The maximum atomic E-state index is 11.5. The van der Waals surface area contributed by atoms with Crippen molar-refractivity contribution in [3.8, 4) is 5.75 Å². The van der Waals surface area contributed by atoms with Gasteiger partial charge in [-0.3, -0.25) is 9.52 Å². The zero-order valence-corrected chi connectivity index (χ0v) is 14.4. The third kappa shape index (κ3) is 5.12. The topological polar surface area (TPSA) is 123 Å². The van der Waals surface area contributed by atoms with E-state index in [4.69, 9.17) is 10.5 Å². The Balaban J connectivity index is 1.82. The van der Waals surface area contributed by atoms with Crippen LogP contribution < -0.4 is 20.5 Å². The molecule has 1 heterocycles. The molecule has 0 saturated carbocycles. The molecule has 0 saturated heterocycles. The number of ether oxygens (including phenoxy) is 1. The quantitative estimate of drug-likeness (QED) is 0.604. The molecule has 1 aliphatic rings. The summed E-state index contributed by atoms with van der Waals surface area (Å²) in [6.07, 6.45) is 3.76. The summed E-state index contributed by atoms with van der Waals surface area (Å²) in [5.74, 6) is 0.422. The number of rotatable bonds is 8. The summed E-state index contributed by atoms with van der Waals surface area (Å²) in [6.45, 7) is 2.69. The van der Waals surface area contributed by atoms with Crippen LogP contribution in [0.15, 0.2) is 22.6 Å². The van der Waals surface area contributed by atoms with Crippen molar-refractivity contribution in [1.29, 1.82) is 0 Å². The second kappa shape index (κ2) is 8.00. The van der Waals surface area contributed by atoms with Gasteiger partial charge in [-0.25, -0.2) is 0 Å². The molecule has 2 rings (SSSR count). The Labute approximate surface area is 141 Å². The summed E-state index contributed by atoms with van der Waals surface area (Å²) in [5, 5.41) is 2.75. The highest BCUT2D eigenvalue weighted by Crippen LogP contribution is 2.30. The van der Waals surface area contributed by atoms with Crippen LogP contribution in [-0.4, -0.2) is 33.3 Å². The SMILES string of the molecule is CC(=O)NCCCCCCOc1cccc2c1C(N)=NS(=O)(=O)N2. The van der Waals surface area contributed by atoms with Gasteiger partial charge in [0.25, 0.3) is 0 Å². The smallest absolute Gasteiger partial charge is 0.344 e. The first kappa shape index (κ1) is 18.1. The third-order valence-corrected chi connectivity index (χ3v) is 4.36. The second-order valence-electron chi connectivity index (χ2n) is 5.48. The molecule has 0 unspecified atom stereocenters. The molecule has 1 aromatic rings. The van der Waals surface area contributed by atoms with Crippen molar-refractivity contribution in [2.45, 2.75) is 32.6 Å². The fraction of sp³-hybridized carbons (Fsp3) is 0.467. The fourth-order valence-electron chi connectivity index (χ4n) is 2.36. The average molecular weight is 354 g/mol. The molecular formula is C15H22N4O4S. The Bertz CT molecular complexity index is 731. The Morgan fingerprint density at radius 1 is 1.29 bits per heavy atom. The van der Waals surface area contributed by atoms with Crippen LogP contribution in [0.1, 0.15) is 38.2 Å². The van der Waals surface area contributed by atoms with Gasteiger partial charge in [0.1, 0.15) is 5.75 Å². The maximum Gasteiger partial charge on any atom is 0.344 e. The number of hydrogen-bond donors (Lipinski definition) is 3. The van der Waals surface area contributed by atoms with Crippen molar-refractivity contribution < 1.29 is 17.9 Å². The molecule has 0 aliphatic carbocycles. The Hall–Kier alpha value is -2.29. The monoisotopic (exact) mass is 354 g/mol. The number of carbonyl (C=O) groups excluding carboxylic acids is 1. The number of unbranched alkanes of at least 4 members (excludes halogenated alkanes) is 3. The number of amidine groups is 1. The highest BCUT2D eigenvalue weighted by atomic mass is 32.2. The Morgan fingerprint density at radius 2 is 2.04 bits per heavy atom. The standard InChI is InChI=1S/C15H22N4O4S/c1-11(20)17-9-4-2-3-5-10-23-13-8-6-7-12-14(13)15(16)19-24(21,22)18-12/h6-8,18H,2-5,9-10H2,1H3,(H2,16,19)(H,17,20). The zero-order valence-electron chi connectivity index (χ0n) is 13.5. The lowest BCUT2D eigenvalue weighted by Crippen LogP contribution is -2.27.